The highest BCUT2D eigenvalue weighted by Gasteiger charge is 2.36. The molecule has 0 radical (unpaired) electrons. The van der Waals surface area contributed by atoms with Gasteiger partial charge in [0.15, 0.2) is 0 Å². The minimum absolute atomic E-state index is 0.0889. The Labute approximate surface area is 177 Å². The minimum atomic E-state index is -4.70. The molecule has 1 aliphatic rings. The molecule has 10 heteroatoms. The number of nitrogens with zero attached hydrogens (tertiary/aromatic N) is 2. The predicted octanol–water partition coefficient (Wildman–Crippen LogP) is 5.06. The fourth-order valence-electron chi connectivity index (χ4n) is 3.11. The van der Waals surface area contributed by atoms with E-state index in [0.29, 0.717) is 11.3 Å². The number of piperazine rings is 1. The van der Waals surface area contributed by atoms with Crippen LogP contribution < -0.4 is 4.90 Å². The summed E-state index contributed by atoms with van der Waals surface area (Å²) in [6.45, 7) is 1.52. The van der Waals surface area contributed by atoms with E-state index < -0.39 is 34.4 Å². The van der Waals surface area contributed by atoms with Gasteiger partial charge in [0.1, 0.15) is 12.4 Å². The van der Waals surface area contributed by atoms with Crippen molar-refractivity contribution in [3.05, 3.63) is 62.3 Å². The largest absolute Gasteiger partial charge is 0.417 e. The molecular weight excluding hydrogens is 480 g/mol. The molecule has 0 N–H and O–H groups in total. The van der Waals surface area contributed by atoms with Gasteiger partial charge in [0.2, 0.25) is 5.91 Å². The molecule has 154 valence electrons. The standard InChI is InChI=1S/C19H14BrClF4N2O2/c1-10-7-14(22)13(20)8-15(10)27-6-5-26(9-16(27)28)18(29)11-3-2-4-12(17(11)21)19(23,24)25/h2-4,7-8H,5-6,9H2,1H3. The number of aryl methyl sites for hydroxylation is 1. The van der Waals surface area contributed by atoms with Crippen molar-refractivity contribution in [3.8, 4) is 0 Å². The molecule has 4 nitrogen and oxygen atoms in total. The first-order valence-electron chi connectivity index (χ1n) is 8.41. The SMILES string of the molecule is Cc1cc(F)c(Br)cc1N1CCN(C(=O)c2cccc(C(F)(F)F)c2Cl)CC1=O. The Morgan fingerprint density at radius 1 is 1.21 bits per heavy atom. The van der Waals surface area contributed by atoms with Gasteiger partial charge in [0.05, 0.1) is 20.6 Å². The van der Waals surface area contributed by atoms with E-state index in [9.17, 15) is 27.2 Å². The summed E-state index contributed by atoms with van der Waals surface area (Å²) < 4.78 is 52.9. The molecule has 0 bridgehead atoms. The lowest BCUT2D eigenvalue weighted by atomic mass is 10.1. The lowest BCUT2D eigenvalue weighted by Crippen LogP contribution is -2.52. The molecule has 0 unspecified atom stereocenters. The molecule has 0 aromatic heterocycles. The van der Waals surface area contributed by atoms with Crippen LogP contribution in [0, 0.1) is 12.7 Å². The van der Waals surface area contributed by atoms with Crippen LogP contribution in [0.3, 0.4) is 0 Å². The fourth-order valence-corrected chi connectivity index (χ4v) is 3.76. The molecule has 2 aromatic rings. The van der Waals surface area contributed by atoms with E-state index >= 15 is 0 Å². The van der Waals surface area contributed by atoms with E-state index in [1.165, 1.54) is 23.1 Å². The number of benzene rings is 2. The van der Waals surface area contributed by atoms with Crippen molar-refractivity contribution in [2.45, 2.75) is 13.1 Å². The molecule has 3 rings (SSSR count). The van der Waals surface area contributed by atoms with E-state index in [0.717, 1.165) is 17.0 Å². The maximum absolute atomic E-state index is 13.6. The number of hydrogen-bond acceptors (Lipinski definition) is 2. The molecule has 0 atom stereocenters. The summed E-state index contributed by atoms with van der Waals surface area (Å²) in [6, 6.07) is 5.84. The third-order valence-electron chi connectivity index (χ3n) is 4.57. The van der Waals surface area contributed by atoms with Gasteiger partial charge in [-0.3, -0.25) is 9.59 Å². The van der Waals surface area contributed by atoms with Crippen molar-refractivity contribution in [2.75, 3.05) is 24.5 Å². The minimum Gasteiger partial charge on any atom is -0.327 e. The highest BCUT2D eigenvalue weighted by atomic mass is 79.9. The number of carbonyl (C=O) groups is 2. The number of halogens is 6. The Morgan fingerprint density at radius 3 is 2.52 bits per heavy atom. The molecule has 2 amide bonds. The van der Waals surface area contributed by atoms with Crippen LogP contribution in [-0.2, 0) is 11.0 Å². The lowest BCUT2D eigenvalue weighted by molar-refractivity contribution is -0.137. The normalized spacial score (nSPS) is 15.1. The van der Waals surface area contributed by atoms with Crippen molar-refractivity contribution >= 4 is 45.0 Å². The van der Waals surface area contributed by atoms with Gasteiger partial charge in [-0.1, -0.05) is 17.7 Å². The molecular formula is C19H14BrClF4N2O2. The zero-order valence-corrected chi connectivity index (χ0v) is 17.3. The second-order valence-corrected chi connectivity index (χ2v) is 7.72. The van der Waals surface area contributed by atoms with Crippen molar-refractivity contribution in [1.82, 2.24) is 4.90 Å². The molecule has 0 spiro atoms. The van der Waals surface area contributed by atoms with Crippen LogP contribution in [0.25, 0.3) is 0 Å². The van der Waals surface area contributed by atoms with Gasteiger partial charge < -0.3 is 9.80 Å². The summed E-state index contributed by atoms with van der Waals surface area (Å²) in [7, 11) is 0. The van der Waals surface area contributed by atoms with E-state index in [1.54, 1.807) is 6.92 Å². The van der Waals surface area contributed by atoms with Crippen LogP contribution in [0.2, 0.25) is 5.02 Å². The van der Waals surface area contributed by atoms with Crippen molar-refractivity contribution < 1.29 is 27.2 Å². The zero-order chi connectivity index (χ0) is 21.5. The van der Waals surface area contributed by atoms with Gasteiger partial charge in [-0.05, 0) is 52.7 Å². The van der Waals surface area contributed by atoms with Crippen molar-refractivity contribution in [2.24, 2.45) is 0 Å². The number of amides is 2. The van der Waals surface area contributed by atoms with E-state index in [-0.39, 0.29) is 29.7 Å². The van der Waals surface area contributed by atoms with E-state index in [4.69, 9.17) is 11.6 Å². The van der Waals surface area contributed by atoms with Crippen LogP contribution >= 0.6 is 27.5 Å². The molecule has 2 aromatic carbocycles. The molecule has 1 fully saturated rings. The average Bonchev–Trinajstić information content (AvgIpc) is 2.63. The third-order valence-corrected chi connectivity index (χ3v) is 5.59. The third kappa shape index (κ3) is 4.25. The monoisotopic (exact) mass is 492 g/mol. The molecule has 0 saturated carbocycles. The number of hydrogen-bond donors (Lipinski definition) is 0. The smallest absolute Gasteiger partial charge is 0.327 e. The number of rotatable bonds is 2. The molecule has 0 aliphatic carbocycles. The second kappa shape index (κ2) is 7.95. The van der Waals surface area contributed by atoms with Crippen LogP contribution in [0.1, 0.15) is 21.5 Å². The van der Waals surface area contributed by atoms with Gasteiger partial charge in [-0.15, -0.1) is 0 Å². The maximum Gasteiger partial charge on any atom is 0.417 e. The van der Waals surface area contributed by atoms with Gasteiger partial charge in [0.25, 0.3) is 5.91 Å². The van der Waals surface area contributed by atoms with Crippen LogP contribution in [0.5, 0.6) is 0 Å². The van der Waals surface area contributed by atoms with Gasteiger partial charge in [-0.2, -0.15) is 13.2 Å². The first kappa shape index (κ1) is 21.6. The highest BCUT2D eigenvalue weighted by Crippen LogP contribution is 2.37. The quantitative estimate of drug-likeness (QED) is 0.549. The van der Waals surface area contributed by atoms with Gasteiger partial charge >= 0.3 is 6.18 Å². The topological polar surface area (TPSA) is 40.6 Å². The molecule has 1 aliphatic heterocycles. The summed E-state index contributed by atoms with van der Waals surface area (Å²) in [5, 5.41) is -0.696. The summed E-state index contributed by atoms with van der Waals surface area (Å²) in [5.74, 6) is -1.66. The number of anilines is 1. The first-order chi connectivity index (χ1) is 13.5. The maximum atomic E-state index is 13.6. The Morgan fingerprint density at radius 2 is 1.90 bits per heavy atom. The van der Waals surface area contributed by atoms with Crippen molar-refractivity contribution in [1.29, 1.82) is 0 Å². The second-order valence-electron chi connectivity index (χ2n) is 6.49. The Hall–Kier alpha value is -2.13. The fraction of sp³-hybridized carbons (Fsp3) is 0.263. The average molecular weight is 494 g/mol. The Balaban J connectivity index is 1.83. The van der Waals surface area contributed by atoms with E-state index in [1.807, 2.05) is 0 Å². The van der Waals surface area contributed by atoms with E-state index in [2.05, 4.69) is 15.9 Å². The van der Waals surface area contributed by atoms with Crippen LogP contribution in [0.15, 0.2) is 34.8 Å². The first-order valence-corrected chi connectivity index (χ1v) is 9.58. The zero-order valence-electron chi connectivity index (χ0n) is 15.0. The van der Waals surface area contributed by atoms with Crippen molar-refractivity contribution in [3.63, 3.8) is 0 Å². The summed E-state index contributed by atoms with van der Waals surface area (Å²) in [4.78, 5) is 27.9. The lowest BCUT2D eigenvalue weighted by Gasteiger charge is -2.35. The summed E-state index contributed by atoms with van der Waals surface area (Å²) >= 11 is 8.90. The highest BCUT2D eigenvalue weighted by molar-refractivity contribution is 9.10. The number of carbonyl (C=O) groups excluding carboxylic acids is 2. The number of alkyl halides is 3. The Bertz CT molecular complexity index is 997. The van der Waals surface area contributed by atoms with Crippen LogP contribution in [-0.4, -0.2) is 36.3 Å². The van der Waals surface area contributed by atoms with Gasteiger partial charge in [-0.25, -0.2) is 4.39 Å². The summed E-state index contributed by atoms with van der Waals surface area (Å²) in [5.41, 5.74) is -0.391. The predicted molar refractivity (Wildman–Crippen MR) is 104 cm³/mol. The summed E-state index contributed by atoms with van der Waals surface area (Å²) in [6.07, 6.45) is -4.70. The molecule has 29 heavy (non-hydrogen) atoms. The van der Waals surface area contributed by atoms with Crippen LogP contribution in [0.4, 0.5) is 23.2 Å². The Kier molecular flexibility index (Phi) is 5.91. The molecule has 1 saturated heterocycles. The van der Waals surface area contributed by atoms with Gasteiger partial charge in [0, 0.05) is 18.8 Å². The molecule has 1 heterocycles.